The molecule has 0 unspecified atom stereocenters. The van der Waals surface area contributed by atoms with Crippen LogP contribution in [0.2, 0.25) is 0 Å². The Bertz CT molecular complexity index is 2150. The molecule has 0 fully saturated rings. The molecular formula is C27H20N4Na2O9S2. The first-order valence-electron chi connectivity index (χ1n) is 11.9. The minimum Gasteiger partial charge on any atom is -0.507 e. The second kappa shape index (κ2) is 13.9. The molecule has 216 valence electrons. The van der Waals surface area contributed by atoms with Crippen molar-refractivity contribution in [2.24, 2.45) is 10.2 Å². The van der Waals surface area contributed by atoms with Crippen LogP contribution in [-0.4, -0.2) is 101 Å². The van der Waals surface area contributed by atoms with Crippen LogP contribution in [0.5, 0.6) is 11.5 Å². The van der Waals surface area contributed by atoms with Crippen molar-refractivity contribution < 1.29 is 40.9 Å². The number of carbonyl (C=O) groups excluding carboxylic acids is 1. The van der Waals surface area contributed by atoms with Crippen molar-refractivity contribution >= 4 is 130 Å². The number of azo groups is 1. The molecular weight excluding hydrogens is 634 g/mol. The number of amides is 2. The number of phenols is 2. The van der Waals surface area contributed by atoms with Gasteiger partial charge in [0.05, 0.1) is 10.6 Å². The Morgan fingerprint density at radius 3 is 1.80 bits per heavy atom. The monoisotopic (exact) mass is 654 g/mol. The van der Waals surface area contributed by atoms with E-state index in [0.717, 1.165) is 18.2 Å². The van der Waals surface area contributed by atoms with E-state index in [1.54, 1.807) is 30.3 Å². The Balaban J connectivity index is 0.00000264. The Morgan fingerprint density at radius 1 is 0.659 bits per heavy atom. The molecule has 17 heteroatoms. The number of rotatable bonds is 6. The number of nitrogens with zero attached hydrogens (tertiary/aromatic N) is 2. The molecule has 5 aromatic carbocycles. The first-order chi connectivity index (χ1) is 19.8. The van der Waals surface area contributed by atoms with Gasteiger partial charge in [0.2, 0.25) is 0 Å². The maximum Gasteiger partial charge on any atom is 0.323 e. The van der Waals surface area contributed by atoms with E-state index < -0.39 is 47.5 Å². The van der Waals surface area contributed by atoms with E-state index in [9.17, 15) is 40.9 Å². The van der Waals surface area contributed by atoms with Crippen LogP contribution in [0.3, 0.4) is 0 Å². The fourth-order valence-electron chi connectivity index (χ4n) is 4.17. The number of carbonyl (C=O) groups is 1. The van der Waals surface area contributed by atoms with Crippen molar-refractivity contribution in [1.29, 1.82) is 0 Å². The number of benzene rings is 5. The molecule has 0 atom stereocenters. The fraction of sp³-hybridized carbons (Fsp3) is 0. The molecule has 2 radical (unpaired) electrons. The minimum absolute atomic E-state index is 0. The SMILES string of the molecule is O=C(Nc1ccc2c(O)cc(S(=O)(=O)O)cc2c1)Nc1ccc2c(O)c(N=Nc3ccccc3)c(S(=O)(=O)O)cc2c1.[Na].[Na]. The average Bonchev–Trinajstić information content (AvgIpc) is 2.91. The van der Waals surface area contributed by atoms with Gasteiger partial charge in [0.1, 0.15) is 16.3 Å². The summed E-state index contributed by atoms with van der Waals surface area (Å²) in [4.78, 5) is 11.5. The number of hydrogen-bond acceptors (Lipinski definition) is 9. The van der Waals surface area contributed by atoms with E-state index in [1.807, 2.05) is 0 Å². The van der Waals surface area contributed by atoms with E-state index in [4.69, 9.17) is 0 Å². The summed E-state index contributed by atoms with van der Waals surface area (Å²) in [7, 11) is -9.43. The third-order valence-corrected chi connectivity index (χ3v) is 7.77. The van der Waals surface area contributed by atoms with Gasteiger partial charge in [-0.05, 0) is 71.4 Å². The van der Waals surface area contributed by atoms with Crippen molar-refractivity contribution in [1.82, 2.24) is 0 Å². The molecule has 6 N–H and O–H groups in total. The van der Waals surface area contributed by atoms with E-state index >= 15 is 0 Å². The van der Waals surface area contributed by atoms with Crippen LogP contribution in [0.4, 0.5) is 27.5 Å². The molecule has 13 nitrogen and oxygen atoms in total. The van der Waals surface area contributed by atoms with Crippen molar-refractivity contribution in [3.63, 3.8) is 0 Å². The molecule has 0 saturated heterocycles. The van der Waals surface area contributed by atoms with Gasteiger partial charge >= 0.3 is 6.03 Å². The summed E-state index contributed by atoms with van der Waals surface area (Å²) in [6.45, 7) is 0. The summed E-state index contributed by atoms with van der Waals surface area (Å²) in [5.41, 5.74) is 0.316. The summed E-state index contributed by atoms with van der Waals surface area (Å²) < 4.78 is 66.3. The van der Waals surface area contributed by atoms with Gasteiger partial charge in [0.15, 0.2) is 5.75 Å². The van der Waals surface area contributed by atoms with Crippen molar-refractivity contribution in [3.8, 4) is 11.5 Å². The standard InChI is InChI=1S/C27H20N4O9S2.2Na/c32-23-14-20(41(35,36)37)12-15-10-18(6-8-21(15)23)28-27(34)29-19-7-9-22-16(11-19)13-24(42(38,39)40)25(26(22)33)31-30-17-4-2-1-3-5-17;;/h1-14,32-33H,(H2,28,29,34)(H,35,36,37)(H,38,39,40);;. The second-order valence-electron chi connectivity index (χ2n) is 8.95. The predicted molar refractivity (Wildman–Crippen MR) is 166 cm³/mol. The number of phenolic OH excluding ortho intramolecular Hbond substituents is 2. The quantitative estimate of drug-likeness (QED) is 0.0805. The van der Waals surface area contributed by atoms with Crippen LogP contribution < -0.4 is 10.6 Å². The molecule has 0 heterocycles. The Hall–Kier alpha value is -3.09. The molecule has 5 rings (SSSR count). The molecule has 2 amide bonds. The molecule has 0 saturated carbocycles. The van der Waals surface area contributed by atoms with Crippen molar-refractivity contribution in [2.75, 3.05) is 10.6 Å². The first-order valence-corrected chi connectivity index (χ1v) is 14.7. The van der Waals surface area contributed by atoms with Gasteiger partial charge in [0, 0.05) is 87.3 Å². The van der Waals surface area contributed by atoms with Gasteiger partial charge in [-0.3, -0.25) is 9.11 Å². The zero-order valence-electron chi connectivity index (χ0n) is 23.1. The largest absolute Gasteiger partial charge is 0.507 e. The topological polar surface area (TPSA) is 215 Å². The molecule has 0 bridgehead atoms. The average molecular weight is 655 g/mol. The Labute approximate surface area is 295 Å². The van der Waals surface area contributed by atoms with Crippen molar-refractivity contribution in [3.05, 3.63) is 84.9 Å². The second-order valence-corrected chi connectivity index (χ2v) is 11.8. The minimum atomic E-state index is -4.85. The zero-order chi connectivity index (χ0) is 30.2. The Morgan fingerprint density at radius 2 is 1.23 bits per heavy atom. The van der Waals surface area contributed by atoms with Gasteiger partial charge < -0.3 is 20.8 Å². The molecule has 0 aromatic heterocycles. The molecule has 44 heavy (non-hydrogen) atoms. The van der Waals surface area contributed by atoms with Crippen LogP contribution in [0.25, 0.3) is 21.5 Å². The van der Waals surface area contributed by atoms with Crippen LogP contribution in [-0.2, 0) is 20.2 Å². The van der Waals surface area contributed by atoms with Gasteiger partial charge in [-0.15, -0.1) is 5.11 Å². The molecule has 0 aliphatic carbocycles. The number of hydrogen-bond donors (Lipinski definition) is 6. The first kappa shape index (κ1) is 35.4. The third-order valence-electron chi connectivity index (χ3n) is 6.07. The number of urea groups is 1. The zero-order valence-corrected chi connectivity index (χ0v) is 28.8. The van der Waals surface area contributed by atoms with E-state index in [2.05, 4.69) is 20.9 Å². The normalized spacial score (nSPS) is 11.6. The number of nitrogens with one attached hydrogen (secondary N) is 2. The van der Waals surface area contributed by atoms with E-state index in [-0.39, 0.29) is 97.8 Å². The van der Waals surface area contributed by atoms with E-state index in [0.29, 0.717) is 5.69 Å². The van der Waals surface area contributed by atoms with Gasteiger partial charge in [0.25, 0.3) is 20.2 Å². The summed E-state index contributed by atoms with van der Waals surface area (Å²) in [5, 5.41) is 34.6. The van der Waals surface area contributed by atoms with Crippen LogP contribution in [0.1, 0.15) is 0 Å². The van der Waals surface area contributed by atoms with Gasteiger partial charge in [-0.25, -0.2) is 4.79 Å². The van der Waals surface area contributed by atoms with Crippen LogP contribution in [0, 0.1) is 0 Å². The van der Waals surface area contributed by atoms with Crippen LogP contribution >= 0.6 is 0 Å². The predicted octanol–water partition coefficient (Wildman–Crippen LogP) is 5.20. The summed E-state index contributed by atoms with van der Waals surface area (Å²) in [6, 6.07) is 19.2. The summed E-state index contributed by atoms with van der Waals surface area (Å²) in [5.74, 6) is -0.941. The molecule has 0 aliphatic rings. The number of aromatic hydroxyl groups is 2. The van der Waals surface area contributed by atoms with E-state index in [1.165, 1.54) is 36.4 Å². The number of fused-ring (bicyclic) bond motifs is 2. The number of anilines is 2. The summed E-state index contributed by atoms with van der Waals surface area (Å²) in [6.07, 6.45) is 0. The van der Waals surface area contributed by atoms with Crippen LogP contribution in [0.15, 0.2) is 105 Å². The van der Waals surface area contributed by atoms with Gasteiger partial charge in [-0.2, -0.15) is 21.9 Å². The maximum atomic E-state index is 12.7. The third kappa shape index (κ3) is 7.94. The van der Waals surface area contributed by atoms with Crippen molar-refractivity contribution in [2.45, 2.75) is 9.79 Å². The Kier molecular flexibility index (Phi) is 11.2. The van der Waals surface area contributed by atoms with Gasteiger partial charge in [-0.1, -0.05) is 18.2 Å². The molecule has 0 spiro atoms. The fourth-order valence-corrected chi connectivity index (χ4v) is 5.36. The molecule has 5 aromatic rings. The maximum absolute atomic E-state index is 12.7. The molecule has 0 aliphatic heterocycles. The smallest absolute Gasteiger partial charge is 0.323 e. The summed E-state index contributed by atoms with van der Waals surface area (Å²) >= 11 is 0.